The van der Waals surface area contributed by atoms with E-state index in [1.54, 1.807) is 11.3 Å². The standard InChI is InChI=1S/C16H19N5O5S/c1-4-27-15-8(1)24-9(5-18-15)12-21-13-14(25-12)19-7(6-23-13)11-20-10-16(26-11)22-3-2-17-10/h1,4,7,9-10,13-14,16-19H,2-3,5-6H2. The van der Waals surface area contributed by atoms with E-state index in [4.69, 9.17) is 23.7 Å². The summed E-state index contributed by atoms with van der Waals surface area (Å²) >= 11 is 1.62. The molecule has 27 heavy (non-hydrogen) atoms. The Morgan fingerprint density at radius 2 is 2.11 bits per heavy atom. The average Bonchev–Trinajstić information content (AvgIpc) is 3.42. The first-order chi connectivity index (χ1) is 13.3. The van der Waals surface area contributed by atoms with Gasteiger partial charge in [0.2, 0.25) is 24.3 Å². The van der Waals surface area contributed by atoms with Crippen molar-refractivity contribution in [1.82, 2.24) is 10.6 Å². The zero-order valence-corrected chi connectivity index (χ0v) is 15.1. The molecule has 10 nitrogen and oxygen atoms in total. The van der Waals surface area contributed by atoms with Gasteiger partial charge in [0.1, 0.15) is 11.0 Å². The van der Waals surface area contributed by atoms with Crippen LogP contribution in [0.2, 0.25) is 0 Å². The Labute approximate surface area is 158 Å². The first-order valence-corrected chi connectivity index (χ1v) is 9.91. The van der Waals surface area contributed by atoms with Crippen molar-refractivity contribution in [2.24, 2.45) is 9.98 Å². The highest BCUT2D eigenvalue weighted by Crippen LogP contribution is 2.35. The lowest BCUT2D eigenvalue weighted by Gasteiger charge is -2.31. The lowest BCUT2D eigenvalue weighted by atomic mass is 10.2. The lowest BCUT2D eigenvalue weighted by molar-refractivity contribution is -0.118. The Kier molecular flexibility index (Phi) is 3.76. The maximum Gasteiger partial charge on any atom is 0.237 e. The molecular formula is C16H19N5O5S. The predicted molar refractivity (Wildman–Crippen MR) is 96.2 cm³/mol. The molecule has 6 heterocycles. The fraction of sp³-hybridized carbons (Fsp3) is 0.625. The molecule has 6 atom stereocenters. The molecule has 6 rings (SSSR count). The number of anilines is 1. The topological polar surface area (TPSA) is 107 Å². The molecule has 6 unspecified atom stereocenters. The van der Waals surface area contributed by atoms with Gasteiger partial charge in [-0.25, -0.2) is 9.98 Å². The summed E-state index contributed by atoms with van der Waals surface area (Å²) in [4.78, 5) is 9.12. The molecule has 1 aromatic heterocycles. The van der Waals surface area contributed by atoms with Crippen LogP contribution in [0.25, 0.3) is 0 Å². The van der Waals surface area contributed by atoms with Crippen LogP contribution in [0.3, 0.4) is 0 Å². The zero-order chi connectivity index (χ0) is 17.8. The zero-order valence-electron chi connectivity index (χ0n) is 14.3. The van der Waals surface area contributed by atoms with Crippen molar-refractivity contribution in [3.05, 3.63) is 11.4 Å². The molecule has 0 amide bonds. The van der Waals surface area contributed by atoms with Crippen molar-refractivity contribution in [2.45, 2.75) is 37.1 Å². The molecule has 0 radical (unpaired) electrons. The molecule has 0 aliphatic carbocycles. The van der Waals surface area contributed by atoms with Crippen LogP contribution in [0.5, 0.6) is 5.75 Å². The summed E-state index contributed by atoms with van der Waals surface area (Å²) in [6.45, 7) is 2.39. The van der Waals surface area contributed by atoms with Gasteiger partial charge in [-0.2, -0.15) is 0 Å². The number of aliphatic imine (C=N–C) groups is 2. The molecule has 2 saturated heterocycles. The number of hydrogen-bond donors (Lipinski definition) is 3. The summed E-state index contributed by atoms with van der Waals surface area (Å²) < 4.78 is 29.3. The van der Waals surface area contributed by atoms with Crippen LogP contribution in [-0.2, 0) is 18.9 Å². The van der Waals surface area contributed by atoms with Crippen LogP contribution < -0.4 is 20.7 Å². The van der Waals surface area contributed by atoms with E-state index in [-0.39, 0.29) is 24.6 Å². The van der Waals surface area contributed by atoms with Crippen molar-refractivity contribution in [2.75, 3.05) is 31.6 Å². The van der Waals surface area contributed by atoms with Crippen LogP contribution in [-0.4, -0.2) is 75.2 Å². The summed E-state index contributed by atoms with van der Waals surface area (Å²) in [7, 11) is 0. The van der Waals surface area contributed by atoms with E-state index >= 15 is 0 Å². The van der Waals surface area contributed by atoms with Gasteiger partial charge in [-0.3, -0.25) is 10.6 Å². The second kappa shape index (κ2) is 6.31. The van der Waals surface area contributed by atoms with Crippen LogP contribution in [0.4, 0.5) is 5.00 Å². The molecule has 11 heteroatoms. The van der Waals surface area contributed by atoms with Crippen LogP contribution in [0.1, 0.15) is 0 Å². The van der Waals surface area contributed by atoms with E-state index in [0.29, 0.717) is 31.6 Å². The first kappa shape index (κ1) is 16.1. The Bertz CT molecular complexity index is 800. The Balaban J connectivity index is 1.12. The van der Waals surface area contributed by atoms with Crippen molar-refractivity contribution in [3.63, 3.8) is 0 Å². The predicted octanol–water partition coefficient (Wildman–Crippen LogP) is -0.309. The minimum absolute atomic E-state index is 0.161. The summed E-state index contributed by atoms with van der Waals surface area (Å²) in [5, 5.41) is 13.0. The summed E-state index contributed by atoms with van der Waals surface area (Å²) in [6, 6.07) is 1.74. The normalized spacial score (nSPS) is 39.6. The number of nitrogens with zero attached hydrogens (tertiary/aromatic N) is 2. The van der Waals surface area contributed by atoms with Crippen LogP contribution in [0, 0.1) is 0 Å². The quantitative estimate of drug-likeness (QED) is 0.628. The Hall–Kier alpha value is -1.92. The van der Waals surface area contributed by atoms with Gasteiger partial charge in [-0.05, 0) is 11.4 Å². The van der Waals surface area contributed by atoms with Gasteiger partial charge in [0, 0.05) is 6.54 Å². The van der Waals surface area contributed by atoms with Gasteiger partial charge in [-0.15, -0.1) is 11.3 Å². The molecule has 1 aromatic rings. The average molecular weight is 393 g/mol. The SMILES string of the molecule is c1cc2c(s1)NCC(C1=NC3OCC(C4=NC5NCCOC5O4)NC3O1)O2. The van der Waals surface area contributed by atoms with E-state index in [2.05, 4.69) is 25.9 Å². The first-order valence-electron chi connectivity index (χ1n) is 9.03. The highest BCUT2D eigenvalue weighted by atomic mass is 32.1. The lowest BCUT2D eigenvalue weighted by Crippen LogP contribution is -2.56. The molecule has 0 aromatic carbocycles. The number of nitrogens with one attached hydrogen (secondary N) is 3. The summed E-state index contributed by atoms with van der Waals surface area (Å²) in [6.07, 6.45) is -1.60. The number of morpholine rings is 2. The molecule has 5 aliphatic rings. The minimum atomic E-state index is -0.401. The monoisotopic (exact) mass is 393 g/mol. The van der Waals surface area contributed by atoms with Crippen molar-refractivity contribution < 1.29 is 23.7 Å². The molecule has 3 N–H and O–H groups in total. The van der Waals surface area contributed by atoms with Gasteiger partial charge >= 0.3 is 0 Å². The fourth-order valence-corrected chi connectivity index (χ4v) is 4.39. The molecule has 0 saturated carbocycles. The Morgan fingerprint density at radius 1 is 1.11 bits per heavy atom. The molecule has 144 valence electrons. The number of fused-ring (bicyclic) bond motifs is 3. The third-order valence-electron chi connectivity index (χ3n) is 4.98. The largest absolute Gasteiger partial charge is 0.476 e. The maximum atomic E-state index is 6.00. The van der Waals surface area contributed by atoms with E-state index in [9.17, 15) is 0 Å². The third-order valence-corrected chi connectivity index (χ3v) is 5.83. The van der Waals surface area contributed by atoms with Gasteiger partial charge in [0.15, 0.2) is 24.2 Å². The molecule has 5 aliphatic heterocycles. The van der Waals surface area contributed by atoms with Crippen LogP contribution >= 0.6 is 11.3 Å². The Morgan fingerprint density at radius 3 is 3.07 bits per heavy atom. The number of hydrogen-bond acceptors (Lipinski definition) is 11. The highest BCUT2D eigenvalue weighted by molar-refractivity contribution is 7.14. The van der Waals surface area contributed by atoms with Gasteiger partial charge in [-0.1, -0.05) is 0 Å². The van der Waals surface area contributed by atoms with Gasteiger partial charge in [0.25, 0.3) is 0 Å². The van der Waals surface area contributed by atoms with Crippen molar-refractivity contribution >= 4 is 28.1 Å². The number of rotatable bonds is 2. The molecule has 2 fully saturated rings. The molecule has 0 spiro atoms. The van der Waals surface area contributed by atoms with Crippen molar-refractivity contribution in [3.8, 4) is 5.75 Å². The van der Waals surface area contributed by atoms with Gasteiger partial charge in [0.05, 0.1) is 19.8 Å². The van der Waals surface area contributed by atoms with E-state index < -0.39 is 12.5 Å². The second-order valence-electron chi connectivity index (χ2n) is 6.77. The van der Waals surface area contributed by atoms with E-state index in [1.807, 2.05) is 11.4 Å². The summed E-state index contributed by atoms with van der Waals surface area (Å²) in [5.41, 5.74) is 0. The van der Waals surface area contributed by atoms with Crippen LogP contribution in [0.15, 0.2) is 21.4 Å². The number of thiophene rings is 1. The highest BCUT2D eigenvalue weighted by Gasteiger charge is 2.45. The molecular weight excluding hydrogens is 374 g/mol. The number of ether oxygens (including phenoxy) is 5. The molecule has 0 bridgehead atoms. The van der Waals surface area contributed by atoms with E-state index in [1.165, 1.54) is 0 Å². The second-order valence-corrected chi connectivity index (χ2v) is 7.69. The summed E-state index contributed by atoms with van der Waals surface area (Å²) in [5.74, 6) is 1.94. The maximum absolute atomic E-state index is 6.00. The van der Waals surface area contributed by atoms with Gasteiger partial charge < -0.3 is 29.0 Å². The minimum Gasteiger partial charge on any atom is -0.476 e. The third kappa shape index (κ3) is 2.77. The fourth-order valence-electron chi connectivity index (χ4n) is 3.67. The smallest absolute Gasteiger partial charge is 0.237 e. The van der Waals surface area contributed by atoms with E-state index in [0.717, 1.165) is 17.3 Å². The van der Waals surface area contributed by atoms with Crippen molar-refractivity contribution in [1.29, 1.82) is 0 Å².